The molecule has 1 rings (SSSR count). The SMILES string of the molecule is COCCCCC(C)(CO)C1CC1. The summed E-state index contributed by atoms with van der Waals surface area (Å²) in [6.07, 6.45) is 6.10. The van der Waals surface area contributed by atoms with Crippen LogP contribution >= 0.6 is 0 Å². The second-order valence-corrected chi connectivity index (χ2v) is 4.54. The molecule has 1 N–H and O–H groups in total. The van der Waals surface area contributed by atoms with Gasteiger partial charge in [0, 0.05) is 20.3 Å². The maximum atomic E-state index is 9.32. The molecule has 0 aromatic carbocycles. The van der Waals surface area contributed by atoms with Crippen LogP contribution in [0.2, 0.25) is 0 Å². The van der Waals surface area contributed by atoms with Crippen LogP contribution in [0.15, 0.2) is 0 Å². The highest BCUT2D eigenvalue weighted by Crippen LogP contribution is 2.47. The number of aliphatic hydroxyl groups is 1. The zero-order valence-corrected chi connectivity index (χ0v) is 8.88. The highest BCUT2D eigenvalue weighted by Gasteiger charge is 2.40. The van der Waals surface area contributed by atoms with Crippen LogP contribution in [-0.4, -0.2) is 25.4 Å². The highest BCUT2D eigenvalue weighted by molar-refractivity contribution is 4.90. The van der Waals surface area contributed by atoms with Gasteiger partial charge in [-0.3, -0.25) is 0 Å². The van der Waals surface area contributed by atoms with Crippen molar-refractivity contribution in [2.75, 3.05) is 20.3 Å². The Hall–Kier alpha value is -0.0800. The smallest absolute Gasteiger partial charge is 0.0487 e. The lowest BCUT2D eigenvalue weighted by Crippen LogP contribution is -2.23. The van der Waals surface area contributed by atoms with Crippen molar-refractivity contribution in [1.82, 2.24) is 0 Å². The third kappa shape index (κ3) is 3.28. The molecule has 1 aliphatic carbocycles. The van der Waals surface area contributed by atoms with Gasteiger partial charge in [-0.15, -0.1) is 0 Å². The molecule has 78 valence electrons. The Morgan fingerprint density at radius 3 is 2.54 bits per heavy atom. The van der Waals surface area contributed by atoms with Crippen LogP contribution < -0.4 is 0 Å². The molecule has 0 saturated heterocycles. The third-order valence-corrected chi connectivity index (χ3v) is 3.27. The number of hydrogen-bond acceptors (Lipinski definition) is 2. The molecule has 0 heterocycles. The molecule has 13 heavy (non-hydrogen) atoms. The standard InChI is InChI=1S/C11H22O2/c1-11(9-12,10-5-6-10)7-3-4-8-13-2/h10,12H,3-9H2,1-2H3. The van der Waals surface area contributed by atoms with Gasteiger partial charge >= 0.3 is 0 Å². The maximum Gasteiger partial charge on any atom is 0.0487 e. The lowest BCUT2D eigenvalue weighted by Gasteiger charge is -2.27. The minimum absolute atomic E-state index is 0.202. The average Bonchev–Trinajstić information content (AvgIpc) is 2.95. The number of unbranched alkanes of at least 4 members (excludes halogenated alkanes) is 1. The summed E-state index contributed by atoms with van der Waals surface area (Å²) in [6.45, 7) is 3.42. The summed E-state index contributed by atoms with van der Waals surface area (Å²) < 4.78 is 5.00. The fourth-order valence-electron chi connectivity index (χ4n) is 1.97. The van der Waals surface area contributed by atoms with E-state index >= 15 is 0 Å². The molecule has 0 aromatic heterocycles. The van der Waals surface area contributed by atoms with Crippen LogP contribution in [0.5, 0.6) is 0 Å². The second-order valence-electron chi connectivity index (χ2n) is 4.54. The van der Waals surface area contributed by atoms with E-state index in [0.29, 0.717) is 6.61 Å². The summed E-state index contributed by atoms with van der Waals surface area (Å²) in [5.41, 5.74) is 0.202. The van der Waals surface area contributed by atoms with Crippen molar-refractivity contribution in [1.29, 1.82) is 0 Å². The lowest BCUT2D eigenvalue weighted by molar-refractivity contribution is 0.102. The Labute approximate surface area is 81.3 Å². The number of hydrogen-bond donors (Lipinski definition) is 1. The molecular weight excluding hydrogens is 164 g/mol. The van der Waals surface area contributed by atoms with Gasteiger partial charge in [0.05, 0.1) is 0 Å². The van der Waals surface area contributed by atoms with E-state index in [9.17, 15) is 5.11 Å². The van der Waals surface area contributed by atoms with Crippen molar-refractivity contribution >= 4 is 0 Å². The molecule has 1 saturated carbocycles. The van der Waals surface area contributed by atoms with E-state index in [-0.39, 0.29) is 5.41 Å². The molecule has 0 aliphatic heterocycles. The molecule has 0 spiro atoms. The van der Waals surface area contributed by atoms with Crippen molar-refractivity contribution in [3.05, 3.63) is 0 Å². The van der Waals surface area contributed by atoms with Gasteiger partial charge in [-0.1, -0.05) is 13.3 Å². The molecule has 1 unspecified atom stereocenters. The number of ether oxygens (including phenoxy) is 1. The molecule has 2 heteroatoms. The van der Waals surface area contributed by atoms with Gasteiger partial charge in [-0.05, 0) is 37.0 Å². The molecule has 0 radical (unpaired) electrons. The molecule has 0 amide bonds. The van der Waals surface area contributed by atoms with Gasteiger partial charge in [0.2, 0.25) is 0 Å². The lowest BCUT2D eigenvalue weighted by atomic mass is 9.81. The number of rotatable bonds is 7. The van der Waals surface area contributed by atoms with E-state index in [0.717, 1.165) is 25.4 Å². The highest BCUT2D eigenvalue weighted by atomic mass is 16.5. The van der Waals surface area contributed by atoms with Gasteiger partial charge in [0.1, 0.15) is 0 Å². The van der Waals surface area contributed by atoms with Crippen molar-refractivity contribution in [2.24, 2.45) is 11.3 Å². The first kappa shape index (κ1) is 11.0. The predicted octanol–water partition coefficient (Wildman–Crippen LogP) is 2.21. The first-order valence-electron chi connectivity index (χ1n) is 5.33. The van der Waals surface area contributed by atoms with E-state index in [4.69, 9.17) is 4.74 Å². The van der Waals surface area contributed by atoms with Gasteiger partial charge in [-0.25, -0.2) is 0 Å². The fraction of sp³-hybridized carbons (Fsp3) is 1.00. The first-order valence-corrected chi connectivity index (χ1v) is 5.33. The zero-order chi connectivity index (χ0) is 9.73. The average molecular weight is 186 g/mol. The summed E-state index contributed by atoms with van der Waals surface area (Å²) in [6, 6.07) is 0. The van der Waals surface area contributed by atoms with Crippen LogP contribution in [0.1, 0.15) is 39.0 Å². The van der Waals surface area contributed by atoms with Crippen molar-refractivity contribution in [3.63, 3.8) is 0 Å². The van der Waals surface area contributed by atoms with Crippen LogP contribution in [0.3, 0.4) is 0 Å². The molecule has 0 bridgehead atoms. The normalized spacial score (nSPS) is 21.5. The van der Waals surface area contributed by atoms with E-state index in [1.165, 1.54) is 19.3 Å². The van der Waals surface area contributed by atoms with Crippen LogP contribution in [0, 0.1) is 11.3 Å². The van der Waals surface area contributed by atoms with Crippen LogP contribution in [0.25, 0.3) is 0 Å². The maximum absolute atomic E-state index is 9.32. The summed E-state index contributed by atoms with van der Waals surface area (Å²) in [7, 11) is 1.74. The molecule has 0 aromatic rings. The van der Waals surface area contributed by atoms with Gasteiger partial charge in [0.25, 0.3) is 0 Å². The van der Waals surface area contributed by atoms with Crippen molar-refractivity contribution in [3.8, 4) is 0 Å². The number of methoxy groups -OCH3 is 1. The van der Waals surface area contributed by atoms with Crippen molar-refractivity contribution < 1.29 is 9.84 Å². The Kier molecular flexibility index (Phi) is 4.20. The Bertz CT molecular complexity index is 143. The zero-order valence-electron chi connectivity index (χ0n) is 8.88. The van der Waals surface area contributed by atoms with Crippen LogP contribution in [-0.2, 0) is 4.74 Å². The largest absolute Gasteiger partial charge is 0.396 e. The van der Waals surface area contributed by atoms with E-state index < -0.39 is 0 Å². The Morgan fingerprint density at radius 2 is 2.08 bits per heavy atom. The molecule has 1 atom stereocenters. The second kappa shape index (κ2) is 4.97. The molecule has 1 fully saturated rings. The minimum Gasteiger partial charge on any atom is -0.396 e. The summed E-state index contributed by atoms with van der Waals surface area (Å²) in [5, 5.41) is 9.32. The number of aliphatic hydroxyl groups excluding tert-OH is 1. The monoisotopic (exact) mass is 186 g/mol. The molecular formula is C11H22O2. The van der Waals surface area contributed by atoms with Gasteiger partial charge < -0.3 is 9.84 Å². The summed E-state index contributed by atoms with van der Waals surface area (Å²) in [4.78, 5) is 0. The quantitative estimate of drug-likeness (QED) is 0.618. The predicted molar refractivity (Wildman–Crippen MR) is 53.6 cm³/mol. The van der Waals surface area contributed by atoms with E-state index in [1.54, 1.807) is 7.11 Å². The minimum atomic E-state index is 0.202. The summed E-state index contributed by atoms with van der Waals surface area (Å²) >= 11 is 0. The van der Waals surface area contributed by atoms with E-state index in [2.05, 4.69) is 6.92 Å². The first-order chi connectivity index (χ1) is 6.23. The Balaban J connectivity index is 2.15. The molecule has 1 aliphatic rings. The van der Waals surface area contributed by atoms with Gasteiger partial charge in [0.15, 0.2) is 0 Å². The topological polar surface area (TPSA) is 29.5 Å². The molecule has 2 nitrogen and oxygen atoms in total. The van der Waals surface area contributed by atoms with Crippen molar-refractivity contribution in [2.45, 2.75) is 39.0 Å². The third-order valence-electron chi connectivity index (χ3n) is 3.27. The fourth-order valence-corrected chi connectivity index (χ4v) is 1.97. The van der Waals surface area contributed by atoms with E-state index in [1.807, 2.05) is 0 Å². The Morgan fingerprint density at radius 1 is 1.38 bits per heavy atom. The van der Waals surface area contributed by atoms with Crippen LogP contribution in [0.4, 0.5) is 0 Å². The summed E-state index contributed by atoms with van der Waals surface area (Å²) in [5.74, 6) is 0.792. The van der Waals surface area contributed by atoms with Gasteiger partial charge in [-0.2, -0.15) is 0 Å².